The van der Waals surface area contributed by atoms with E-state index in [-0.39, 0.29) is 17.5 Å². The van der Waals surface area contributed by atoms with Crippen molar-refractivity contribution in [1.29, 1.82) is 0 Å². The summed E-state index contributed by atoms with van der Waals surface area (Å²) in [5.41, 5.74) is 0.669. The Morgan fingerprint density at radius 2 is 2.10 bits per heavy atom. The molecule has 1 aliphatic rings. The first-order chi connectivity index (χ1) is 14.2. The number of nitrogens with zero attached hydrogens (tertiary/aromatic N) is 6. The Hall–Kier alpha value is -2.56. The van der Waals surface area contributed by atoms with Crippen LogP contribution in [0.4, 0.5) is 13.2 Å². The molecule has 0 aliphatic carbocycles. The molecule has 1 fully saturated rings. The first kappa shape index (κ1) is 20.7. The van der Waals surface area contributed by atoms with E-state index in [0.29, 0.717) is 41.3 Å². The van der Waals surface area contributed by atoms with Gasteiger partial charge in [0.25, 0.3) is 5.91 Å². The summed E-state index contributed by atoms with van der Waals surface area (Å²) in [6, 6.07) is 2.19. The number of likely N-dealkylation sites (tertiary alicyclic amines) is 1. The molecule has 0 bridgehead atoms. The van der Waals surface area contributed by atoms with Crippen molar-refractivity contribution in [3.8, 4) is 0 Å². The first-order valence-corrected chi connectivity index (χ1v) is 10.6. The Balaban J connectivity index is 1.76. The molecule has 1 unspecified atom stereocenters. The third kappa shape index (κ3) is 3.55. The summed E-state index contributed by atoms with van der Waals surface area (Å²) < 4.78 is 45.7. The minimum atomic E-state index is -4.57. The maximum absolute atomic E-state index is 13.7. The lowest BCUT2D eigenvalue weighted by atomic mass is 10.1. The van der Waals surface area contributed by atoms with Crippen LogP contribution >= 0.6 is 11.5 Å². The van der Waals surface area contributed by atoms with Crippen LogP contribution in [0.5, 0.6) is 0 Å². The summed E-state index contributed by atoms with van der Waals surface area (Å²) in [4.78, 5) is 19.6. The number of carbonyl (C=O) groups is 1. The van der Waals surface area contributed by atoms with Gasteiger partial charge in [-0.2, -0.15) is 18.3 Å². The highest BCUT2D eigenvalue weighted by Crippen LogP contribution is 2.36. The van der Waals surface area contributed by atoms with Crippen molar-refractivity contribution >= 4 is 23.1 Å². The first-order valence-electron chi connectivity index (χ1n) is 9.80. The van der Waals surface area contributed by atoms with E-state index in [2.05, 4.69) is 19.7 Å². The zero-order valence-corrected chi connectivity index (χ0v) is 17.6. The summed E-state index contributed by atoms with van der Waals surface area (Å²) in [7, 11) is 0. The molecule has 3 aromatic rings. The van der Waals surface area contributed by atoms with Gasteiger partial charge in [0.05, 0.1) is 17.4 Å². The van der Waals surface area contributed by atoms with Gasteiger partial charge in [-0.1, -0.05) is 25.3 Å². The highest BCUT2D eigenvalue weighted by atomic mass is 32.1. The van der Waals surface area contributed by atoms with Crippen molar-refractivity contribution in [3.05, 3.63) is 39.8 Å². The Kier molecular flexibility index (Phi) is 5.25. The maximum Gasteiger partial charge on any atom is 0.433 e. The summed E-state index contributed by atoms with van der Waals surface area (Å²) >= 11 is 1.04. The molecule has 160 valence electrons. The molecule has 0 saturated carbocycles. The number of fused-ring (bicyclic) bond motifs is 1. The van der Waals surface area contributed by atoms with Gasteiger partial charge in [0.15, 0.2) is 5.65 Å². The highest BCUT2D eigenvalue weighted by Gasteiger charge is 2.38. The van der Waals surface area contributed by atoms with E-state index in [1.54, 1.807) is 24.8 Å². The van der Waals surface area contributed by atoms with Crippen LogP contribution in [0, 0.1) is 0 Å². The minimum Gasteiger partial charge on any atom is -0.329 e. The quantitative estimate of drug-likeness (QED) is 0.608. The number of halogens is 3. The number of alkyl halides is 3. The van der Waals surface area contributed by atoms with E-state index in [4.69, 9.17) is 0 Å². The fourth-order valence-electron chi connectivity index (χ4n) is 3.72. The Labute approximate surface area is 175 Å². The van der Waals surface area contributed by atoms with E-state index in [0.717, 1.165) is 28.5 Å². The van der Waals surface area contributed by atoms with Gasteiger partial charge < -0.3 is 4.90 Å². The second kappa shape index (κ2) is 7.60. The second-order valence-electron chi connectivity index (χ2n) is 7.62. The van der Waals surface area contributed by atoms with Gasteiger partial charge in [-0.25, -0.2) is 9.50 Å². The number of carbonyl (C=O) groups excluding carboxylic acids is 1. The SMILES string of the molecule is CCc1nnsc1C(=O)N1CCCC1c1cc2nc(C(C)C)cc(C(F)(F)F)n2n1. The smallest absolute Gasteiger partial charge is 0.329 e. The van der Waals surface area contributed by atoms with Crippen LogP contribution in [-0.2, 0) is 12.6 Å². The lowest BCUT2D eigenvalue weighted by Gasteiger charge is -2.22. The number of amides is 1. The monoisotopic (exact) mass is 438 g/mol. The van der Waals surface area contributed by atoms with Gasteiger partial charge in [-0.3, -0.25) is 4.79 Å². The van der Waals surface area contributed by atoms with Crippen molar-refractivity contribution in [3.63, 3.8) is 0 Å². The maximum atomic E-state index is 13.7. The molecule has 0 aromatic carbocycles. The molecule has 0 spiro atoms. The van der Waals surface area contributed by atoms with Gasteiger partial charge in [0.1, 0.15) is 10.6 Å². The molecule has 4 heterocycles. The lowest BCUT2D eigenvalue weighted by molar-refractivity contribution is -0.142. The van der Waals surface area contributed by atoms with E-state index >= 15 is 0 Å². The molecule has 1 atom stereocenters. The lowest BCUT2D eigenvalue weighted by Crippen LogP contribution is -2.31. The predicted molar refractivity (Wildman–Crippen MR) is 104 cm³/mol. The van der Waals surface area contributed by atoms with Crippen LogP contribution in [0.1, 0.15) is 78.0 Å². The van der Waals surface area contributed by atoms with Crippen LogP contribution in [0.3, 0.4) is 0 Å². The molecule has 3 aromatic heterocycles. The van der Waals surface area contributed by atoms with Crippen LogP contribution < -0.4 is 0 Å². The molecule has 0 radical (unpaired) electrons. The van der Waals surface area contributed by atoms with Gasteiger partial charge in [-0.05, 0) is 42.8 Å². The summed E-state index contributed by atoms with van der Waals surface area (Å²) in [5.74, 6) is -0.362. The molecule has 4 rings (SSSR count). The number of aromatic nitrogens is 5. The molecular formula is C19H21F3N6OS. The molecule has 1 amide bonds. The van der Waals surface area contributed by atoms with E-state index in [9.17, 15) is 18.0 Å². The average Bonchev–Trinajstić information content (AvgIpc) is 3.43. The van der Waals surface area contributed by atoms with Crippen molar-refractivity contribution < 1.29 is 18.0 Å². The zero-order chi connectivity index (χ0) is 21.6. The van der Waals surface area contributed by atoms with Crippen LogP contribution in [0.25, 0.3) is 5.65 Å². The second-order valence-corrected chi connectivity index (χ2v) is 8.37. The van der Waals surface area contributed by atoms with Gasteiger partial charge in [0, 0.05) is 18.3 Å². The number of hydrogen-bond acceptors (Lipinski definition) is 6. The molecule has 7 nitrogen and oxygen atoms in total. The third-order valence-corrected chi connectivity index (χ3v) is 6.04. The molecule has 1 saturated heterocycles. The van der Waals surface area contributed by atoms with E-state index in [1.807, 2.05) is 6.92 Å². The zero-order valence-electron chi connectivity index (χ0n) is 16.8. The highest BCUT2D eigenvalue weighted by molar-refractivity contribution is 7.08. The summed E-state index contributed by atoms with van der Waals surface area (Å²) in [6.07, 6.45) is -2.61. The van der Waals surface area contributed by atoms with Crippen molar-refractivity contribution in [1.82, 2.24) is 29.1 Å². The van der Waals surface area contributed by atoms with E-state index in [1.165, 1.54) is 0 Å². The number of hydrogen-bond donors (Lipinski definition) is 0. The molecule has 30 heavy (non-hydrogen) atoms. The predicted octanol–water partition coefficient (Wildman–Crippen LogP) is 4.26. The normalized spacial score (nSPS) is 17.4. The molecule has 11 heteroatoms. The number of aryl methyl sites for hydroxylation is 1. The third-order valence-electron chi connectivity index (χ3n) is 5.29. The molecule has 0 N–H and O–H groups in total. The van der Waals surface area contributed by atoms with Crippen LogP contribution in [0.15, 0.2) is 12.1 Å². The average molecular weight is 438 g/mol. The molecular weight excluding hydrogens is 417 g/mol. The van der Waals surface area contributed by atoms with Crippen LogP contribution in [0.2, 0.25) is 0 Å². The molecule has 1 aliphatic heterocycles. The van der Waals surface area contributed by atoms with Gasteiger partial charge >= 0.3 is 6.18 Å². The largest absolute Gasteiger partial charge is 0.433 e. The van der Waals surface area contributed by atoms with E-state index < -0.39 is 17.9 Å². The van der Waals surface area contributed by atoms with Gasteiger partial charge in [0.2, 0.25) is 0 Å². The van der Waals surface area contributed by atoms with Gasteiger partial charge in [-0.15, -0.1) is 5.10 Å². The Morgan fingerprint density at radius 3 is 2.77 bits per heavy atom. The topological polar surface area (TPSA) is 76.3 Å². The summed E-state index contributed by atoms with van der Waals surface area (Å²) in [5, 5.41) is 8.22. The van der Waals surface area contributed by atoms with Crippen molar-refractivity contribution in [2.45, 2.75) is 58.2 Å². The van der Waals surface area contributed by atoms with Crippen molar-refractivity contribution in [2.24, 2.45) is 0 Å². The summed E-state index contributed by atoms with van der Waals surface area (Å²) in [6.45, 7) is 5.99. The fraction of sp³-hybridized carbons (Fsp3) is 0.526. The van der Waals surface area contributed by atoms with Crippen LogP contribution in [-0.4, -0.2) is 41.5 Å². The standard InChI is InChI=1S/C19H21F3N6OS/c1-4-11-17(30-26-24-11)18(29)27-7-5-6-14(27)13-9-16-23-12(10(2)3)8-15(19(20,21)22)28(16)25-13/h8-10,14H,4-7H2,1-3H3. The van der Waals surface area contributed by atoms with Crippen molar-refractivity contribution in [2.75, 3.05) is 6.54 Å². The number of rotatable bonds is 4. The minimum absolute atomic E-state index is 0.136. The Morgan fingerprint density at radius 1 is 1.33 bits per heavy atom. The Bertz CT molecular complexity index is 1090. The fourth-order valence-corrected chi connectivity index (χ4v) is 4.43.